The summed E-state index contributed by atoms with van der Waals surface area (Å²) in [5.74, 6) is -0.218. The number of hydrogen-bond acceptors (Lipinski definition) is 5. The van der Waals surface area contributed by atoms with E-state index in [0.717, 1.165) is 0 Å². The zero-order valence-corrected chi connectivity index (χ0v) is 14.1. The number of aromatic nitrogens is 1. The average Bonchev–Trinajstić information content (AvgIpc) is 2.81. The van der Waals surface area contributed by atoms with Crippen LogP contribution in [0.1, 0.15) is 26.5 Å². The molecule has 1 heterocycles. The van der Waals surface area contributed by atoms with Gasteiger partial charge in [0.25, 0.3) is 0 Å². The Bertz CT molecular complexity index is 731. The number of nitrogens with one attached hydrogen (secondary N) is 1. The predicted molar refractivity (Wildman–Crippen MR) is 84.9 cm³/mol. The lowest BCUT2D eigenvalue weighted by molar-refractivity contribution is 0.0212. The van der Waals surface area contributed by atoms with E-state index >= 15 is 0 Å². The molecule has 0 fully saturated rings. The Labute approximate surface area is 130 Å². The molecule has 2 aromatic rings. The van der Waals surface area contributed by atoms with E-state index in [9.17, 15) is 8.42 Å². The fourth-order valence-corrected chi connectivity index (χ4v) is 3.29. The highest BCUT2D eigenvalue weighted by Gasteiger charge is 2.26. The van der Waals surface area contributed by atoms with Gasteiger partial charge in [0, 0.05) is 19.0 Å². The number of ether oxygens (including phenoxy) is 1. The van der Waals surface area contributed by atoms with Crippen LogP contribution >= 0.6 is 0 Å². The second-order valence-corrected chi connectivity index (χ2v) is 8.13. The predicted octanol–water partition coefficient (Wildman–Crippen LogP) is 2.31. The Morgan fingerprint density at radius 2 is 2.00 bits per heavy atom. The normalized spacial score (nSPS) is 14.4. The summed E-state index contributed by atoms with van der Waals surface area (Å²) >= 11 is 0. The molecule has 6 nitrogen and oxygen atoms in total. The molecular weight excluding hydrogens is 304 g/mol. The van der Waals surface area contributed by atoms with Gasteiger partial charge < -0.3 is 9.26 Å². The summed E-state index contributed by atoms with van der Waals surface area (Å²) in [5, 5.41) is 4.57. The summed E-state index contributed by atoms with van der Waals surface area (Å²) in [4.78, 5) is 0. The van der Waals surface area contributed by atoms with Crippen molar-refractivity contribution in [2.24, 2.45) is 5.41 Å². The molecule has 0 saturated heterocycles. The van der Waals surface area contributed by atoms with E-state index in [-0.39, 0.29) is 23.8 Å². The van der Waals surface area contributed by atoms with Gasteiger partial charge in [-0.15, -0.1) is 0 Å². The van der Waals surface area contributed by atoms with Gasteiger partial charge in [0.2, 0.25) is 10.0 Å². The van der Waals surface area contributed by atoms with Crippen molar-refractivity contribution >= 4 is 21.0 Å². The van der Waals surface area contributed by atoms with Crippen molar-refractivity contribution in [2.75, 3.05) is 13.7 Å². The lowest BCUT2D eigenvalue weighted by atomic mass is 9.89. The van der Waals surface area contributed by atoms with E-state index in [1.54, 1.807) is 19.2 Å². The highest BCUT2D eigenvalue weighted by atomic mass is 32.2. The van der Waals surface area contributed by atoms with E-state index in [1.807, 2.05) is 32.9 Å². The second kappa shape index (κ2) is 6.36. The van der Waals surface area contributed by atoms with Crippen molar-refractivity contribution in [3.8, 4) is 0 Å². The molecule has 1 atom stereocenters. The molecule has 1 aromatic carbocycles. The average molecular weight is 326 g/mol. The third-order valence-electron chi connectivity index (χ3n) is 3.52. The molecule has 0 saturated carbocycles. The van der Waals surface area contributed by atoms with Crippen LogP contribution in [0.2, 0.25) is 0 Å². The number of sulfonamides is 1. The molecule has 0 unspecified atom stereocenters. The monoisotopic (exact) mass is 326 g/mol. The number of para-hydroxylation sites is 1. The highest BCUT2D eigenvalue weighted by molar-refractivity contribution is 7.88. The van der Waals surface area contributed by atoms with Crippen LogP contribution < -0.4 is 4.72 Å². The van der Waals surface area contributed by atoms with E-state index in [2.05, 4.69) is 9.88 Å². The van der Waals surface area contributed by atoms with Crippen LogP contribution in [-0.4, -0.2) is 33.3 Å². The lowest BCUT2D eigenvalue weighted by Crippen LogP contribution is -2.40. The first-order valence-corrected chi connectivity index (χ1v) is 8.71. The van der Waals surface area contributed by atoms with Gasteiger partial charge in [-0.1, -0.05) is 38.1 Å². The minimum atomic E-state index is -3.51. The van der Waals surface area contributed by atoms with Crippen LogP contribution in [-0.2, 0) is 20.5 Å². The van der Waals surface area contributed by atoms with Gasteiger partial charge in [0.15, 0.2) is 5.58 Å². The first-order valence-electron chi connectivity index (χ1n) is 7.06. The molecular formula is C15H22N2O4S. The van der Waals surface area contributed by atoms with Crippen LogP contribution in [0.5, 0.6) is 0 Å². The Kier molecular flexibility index (Phi) is 4.89. The molecule has 1 aromatic heterocycles. The van der Waals surface area contributed by atoms with Crippen molar-refractivity contribution in [2.45, 2.75) is 32.6 Å². The summed E-state index contributed by atoms with van der Waals surface area (Å²) in [5.41, 5.74) is 0.836. The fourth-order valence-electron chi connectivity index (χ4n) is 2.22. The molecule has 0 amide bonds. The molecule has 2 rings (SSSR count). The summed E-state index contributed by atoms with van der Waals surface area (Å²) in [6.07, 6.45) is -0.212. The van der Waals surface area contributed by atoms with Crippen molar-refractivity contribution in [1.29, 1.82) is 0 Å². The van der Waals surface area contributed by atoms with Gasteiger partial charge in [0.05, 0.1) is 6.10 Å². The topological polar surface area (TPSA) is 81.4 Å². The van der Waals surface area contributed by atoms with Gasteiger partial charge >= 0.3 is 0 Å². The quantitative estimate of drug-likeness (QED) is 0.881. The van der Waals surface area contributed by atoms with Crippen LogP contribution in [0, 0.1) is 5.41 Å². The number of fused-ring (bicyclic) bond motifs is 1. The maximum atomic E-state index is 12.2. The fraction of sp³-hybridized carbons (Fsp3) is 0.533. The van der Waals surface area contributed by atoms with Gasteiger partial charge in [0.1, 0.15) is 11.4 Å². The lowest BCUT2D eigenvalue weighted by Gasteiger charge is -2.29. The standard InChI is InChI=1S/C15H22N2O4S/c1-15(2,3)14(20-4)9-16-22(18,19)10-12-11-7-5-6-8-13(11)21-17-12/h5-8,14,16H,9-10H2,1-4H3/t14-/m0/s1. The Hall–Kier alpha value is -1.44. The molecule has 0 radical (unpaired) electrons. The molecule has 7 heteroatoms. The maximum Gasteiger partial charge on any atom is 0.217 e. The smallest absolute Gasteiger partial charge is 0.217 e. The highest BCUT2D eigenvalue weighted by Crippen LogP contribution is 2.22. The number of benzene rings is 1. The molecule has 122 valence electrons. The van der Waals surface area contributed by atoms with Gasteiger partial charge in [-0.05, 0) is 17.5 Å². The van der Waals surface area contributed by atoms with E-state index in [1.165, 1.54) is 0 Å². The Morgan fingerprint density at radius 1 is 1.32 bits per heavy atom. The summed E-state index contributed by atoms with van der Waals surface area (Å²) in [6.45, 7) is 6.22. The summed E-state index contributed by atoms with van der Waals surface area (Å²) in [7, 11) is -1.94. The zero-order chi connectivity index (χ0) is 16.4. The van der Waals surface area contributed by atoms with Gasteiger partial charge in [-0.25, -0.2) is 13.1 Å². The minimum Gasteiger partial charge on any atom is -0.380 e. The van der Waals surface area contributed by atoms with E-state index < -0.39 is 10.0 Å². The number of nitrogens with zero attached hydrogens (tertiary/aromatic N) is 1. The first-order chi connectivity index (χ1) is 10.2. The zero-order valence-electron chi connectivity index (χ0n) is 13.3. The summed E-state index contributed by atoms with van der Waals surface area (Å²) in [6, 6.07) is 7.19. The Balaban J connectivity index is 2.08. The van der Waals surface area contributed by atoms with Crippen LogP contribution in [0.4, 0.5) is 0 Å². The van der Waals surface area contributed by atoms with E-state index in [0.29, 0.717) is 16.7 Å². The molecule has 0 spiro atoms. The first kappa shape index (κ1) is 16.9. The van der Waals surface area contributed by atoms with Crippen LogP contribution in [0.25, 0.3) is 11.0 Å². The summed E-state index contributed by atoms with van der Waals surface area (Å²) < 4.78 is 37.5. The third-order valence-corrected chi connectivity index (χ3v) is 4.78. The number of rotatable bonds is 6. The molecule has 0 aliphatic heterocycles. The number of methoxy groups -OCH3 is 1. The van der Waals surface area contributed by atoms with Crippen LogP contribution in [0.15, 0.2) is 28.8 Å². The molecule has 1 N–H and O–H groups in total. The Morgan fingerprint density at radius 3 is 2.64 bits per heavy atom. The van der Waals surface area contributed by atoms with Gasteiger partial charge in [-0.2, -0.15) is 0 Å². The maximum absolute atomic E-state index is 12.2. The largest absolute Gasteiger partial charge is 0.380 e. The molecule has 0 aliphatic carbocycles. The van der Waals surface area contributed by atoms with Crippen molar-refractivity contribution in [1.82, 2.24) is 9.88 Å². The van der Waals surface area contributed by atoms with Crippen molar-refractivity contribution in [3.63, 3.8) is 0 Å². The molecule has 0 bridgehead atoms. The second-order valence-electron chi connectivity index (χ2n) is 6.32. The third kappa shape index (κ3) is 4.06. The molecule has 22 heavy (non-hydrogen) atoms. The van der Waals surface area contributed by atoms with Crippen molar-refractivity contribution < 1.29 is 17.7 Å². The molecule has 0 aliphatic rings. The van der Waals surface area contributed by atoms with Crippen LogP contribution in [0.3, 0.4) is 0 Å². The van der Waals surface area contributed by atoms with Gasteiger partial charge in [-0.3, -0.25) is 0 Å². The minimum absolute atomic E-state index is 0.155. The van der Waals surface area contributed by atoms with E-state index in [4.69, 9.17) is 9.26 Å². The SMILES string of the molecule is CO[C@@H](CNS(=O)(=O)Cc1noc2ccccc12)C(C)(C)C. The number of hydrogen-bond donors (Lipinski definition) is 1. The van der Waals surface area contributed by atoms with Crippen molar-refractivity contribution in [3.05, 3.63) is 30.0 Å².